The first kappa shape index (κ1) is 16.8. The van der Waals surface area contributed by atoms with Gasteiger partial charge >= 0.3 is 5.97 Å². The second-order valence-electron chi connectivity index (χ2n) is 5.50. The number of halogens is 1. The zero-order valence-corrected chi connectivity index (χ0v) is 13.3. The normalized spacial score (nSPS) is 21.1. The van der Waals surface area contributed by atoms with E-state index < -0.39 is 11.9 Å². The van der Waals surface area contributed by atoms with Gasteiger partial charge in [0.15, 0.2) is 0 Å². The van der Waals surface area contributed by atoms with E-state index in [0.29, 0.717) is 31.0 Å². The predicted molar refractivity (Wildman–Crippen MR) is 83.0 cm³/mol. The summed E-state index contributed by atoms with van der Waals surface area (Å²) >= 11 is 5.87. The van der Waals surface area contributed by atoms with Crippen molar-refractivity contribution in [1.82, 2.24) is 4.90 Å². The van der Waals surface area contributed by atoms with Gasteiger partial charge in [-0.25, -0.2) is 0 Å². The maximum Gasteiger partial charge on any atom is 0.308 e. The van der Waals surface area contributed by atoms with Crippen LogP contribution in [0.3, 0.4) is 0 Å². The van der Waals surface area contributed by atoms with Crippen LogP contribution in [0.15, 0.2) is 24.3 Å². The number of rotatable bonds is 6. The number of carbonyl (C=O) groups excluding carboxylic acids is 1. The molecule has 0 spiro atoms. The highest BCUT2D eigenvalue weighted by Gasteiger charge is 2.40. The first-order valence-electron chi connectivity index (χ1n) is 7.28. The Morgan fingerprint density at radius 1 is 1.32 bits per heavy atom. The Hall–Kier alpha value is -1.59. The molecule has 0 aromatic heterocycles. The van der Waals surface area contributed by atoms with Crippen molar-refractivity contribution in [1.29, 1.82) is 0 Å². The minimum atomic E-state index is -0.868. The average Bonchev–Trinajstić information content (AvgIpc) is 2.93. The highest BCUT2D eigenvalue weighted by Crippen LogP contribution is 2.33. The molecule has 1 aromatic rings. The molecule has 0 radical (unpaired) electrons. The Labute approximate surface area is 134 Å². The van der Waals surface area contributed by atoms with Crippen molar-refractivity contribution >= 4 is 23.5 Å². The van der Waals surface area contributed by atoms with E-state index in [1.54, 1.807) is 24.1 Å². The molecule has 1 fully saturated rings. The van der Waals surface area contributed by atoms with Gasteiger partial charge in [0, 0.05) is 44.2 Å². The van der Waals surface area contributed by atoms with Crippen molar-refractivity contribution in [2.75, 3.05) is 26.8 Å². The van der Waals surface area contributed by atoms with Crippen molar-refractivity contribution in [3.8, 4) is 0 Å². The Morgan fingerprint density at radius 2 is 2.00 bits per heavy atom. The SMILES string of the molecule is COCCCC(=O)N1C[C@@H](C(=O)O)[C@H](c2ccc(Cl)cc2)C1. The molecule has 6 heteroatoms. The molecule has 1 N–H and O–H groups in total. The molecule has 0 bridgehead atoms. The fraction of sp³-hybridized carbons (Fsp3) is 0.500. The second-order valence-corrected chi connectivity index (χ2v) is 5.93. The van der Waals surface area contributed by atoms with Gasteiger partial charge in [-0.1, -0.05) is 23.7 Å². The number of aliphatic carboxylic acids is 1. The van der Waals surface area contributed by atoms with E-state index in [-0.39, 0.29) is 18.4 Å². The zero-order valence-electron chi connectivity index (χ0n) is 12.5. The first-order valence-corrected chi connectivity index (χ1v) is 7.65. The van der Waals surface area contributed by atoms with Crippen LogP contribution in [-0.2, 0) is 14.3 Å². The minimum Gasteiger partial charge on any atom is -0.481 e. The molecule has 1 saturated heterocycles. The summed E-state index contributed by atoms with van der Waals surface area (Å²) in [6.07, 6.45) is 1.03. The van der Waals surface area contributed by atoms with Gasteiger partial charge in [-0.3, -0.25) is 9.59 Å². The summed E-state index contributed by atoms with van der Waals surface area (Å²) < 4.78 is 4.94. The molecule has 1 aliphatic rings. The summed E-state index contributed by atoms with van der Waals surface area (Å²) in [5.41, 5.74) is 0.906. The maximum absolute atomic E-state index is 12.2. The van der Waals surface area contributed by atoms with Crippen LogP contribution < -0.4 is 0 Å². The fourth-order valence-corrected chi connectivity index (χ4v) is 2.96. The number of methoxy groups -OCH3 is 1. The molecule has 2 rings (SSSR count). The quantitative estimate of drug-likeness (QED) is 0.816. The van der Waals surface area contributed by atoms with Crippen molar-refractivity contribution in [2.24, 2.45) is 5.92 Å². The Kier molecular flexibility index (Phi) is 5.80. The topological polar surface area (TPSA) is 66.8 Å². The van der Waals surface area contributed by atoms with Crippen molar-refractivity contribution < 1.29 is 19.4 Å². The highest BCUT2D eigenvalue weighted by molar-refractivity contribution is 6.30. The number of amides is 1. The maximum atomic E-state index is 12.2. The Bertz CT molecular complexity index is 531. The number of carboxylic acids is 1. The van der Waals surface area contributed by atoms with Crippen molar-refractivity contribution in [2.45, 2.75) is 18.8 Å². The molecule has 0 saturated carbocycles. The smallest absolute Gasteiger partial charge is 0.308 e. The van der Waals surface area contributed by atoms with E-state index in [9.17, 15) is 14.7 Å². The molecular formula is C16H20ClNO4. The molecular weight excluding hydrogens is 306 g/mol. The first-order chi connectivity index (χ1) is 10.5. The van der Waals surface area contributed by atoms with Gasteiger partial charge in [0.25, 0.3) is 0 Å². The summed E-state index contributed by atoms with van der Waals surface area (Å²) in [5.74, 6) is -1.65. The van der Waals surface area contributed by atoms with Gasteiger partial charge in [0.05, 0.1) is 5.92 Å². The van der Waals surface area contributed by atoms with E-state index >= 15 is 0 Å². The van der Waals surface area contributed by atoms with E-state index in [1.165, 1.54) is 0 Å². The molecule has 0 aliphatic carbocycles. The molecule has 5 nitrogen and oxygen atoms in total. The second kappa shape index (κ2) is 7.61. The van der Waals surface area contributed by atoms with E-state index in [0.717, 1.165) is 5.56 Å². The number of nitrogens with zero attached hydrogens (tertiary/aromatic N) is 1. The standard InChI is InChI=1S/C16H20ClNO4/c1-22-8-2-3-15(19)18-9-13(14(10-18)16(20)21)11-4-6-12(17)7-5-11/h4-7,13-14H,2-3,8-10H2,1H3,(H,20,21)/t13-,14+/m0/s1. The number of carboxylic acid groups (broad SMARTS) is 1. The van der Waals surface area contributed by atoms with Crippen LogP contribution in [0.25, 0.3) is 0 Å². The van der Waals surface area contributed by atoms with E-state index in [1.807, 2.05) is 12.1 Å². The van der Waals surface area contributed by atoms with Gasteiger partial charge in [0.1, 0.15) is 0 Å². The summed E-state index contributed by atoms with van der Waals surface area (Å²) in [4.78, 5) is 25.3. The van der Waals surface area contributed by atoms with Crippen molar-refractivity contribution in [3.05, 3.63) is 34.9 Å². The summed E-state index contributed by atoms with van der Waals surface area (Å²) in [6.45, 7) is 1.22. The van der Waals surface area contributed by atoms with Crippen LogP contribution in [0.1, 0.15) is 24.3 Å². The molecule has 1 aromatic carbocycles. The minimum absolute atomic E-state index is 0.0141. The number of hydrogen-bond donors (Lipinski definition) is 1. The van der Waals surface area contributed by atoms with Gasteiger partial charge in [-0.05, 0) is 24.1 Å². The van der Waals surface area contributed by atoms with Crippen LogP contribution in [0, 0.1) is 5.92 Å². The van der Waals surface area contributed by atoms with Crippen LogP contribution in [0.4, 0.5) is 0 Å². The number of likely N-dealkylation sites (tertiary alicyclic amines) is 1. The third kappa shape index (κ3) is 3.99. The molecule has 1 amide bonds. The third-order valence-corrected chi connectivity index (χ3v) is 4.28. The van der Waals surface area contributed by atoms with Crippen LogP contribution in [0.5, 0.6) is 0 Å². The summed E-state index contributed by atoms with van der Waals surface area (Å²) in [5, 5.41) is 10.0. The van der Waals surface area contributed by atoms with E-state index in [2.05, 4.69) is 0 Å². The van der Waals surface area contributed by atoms with Crippen LogP contribution in [-0.4, -0.2) is 48.7 Å². The monoisotopic (exact) mass is 325 g/mol. The average molecular weight is 326 g/mol. The molecule has 120 valence electrons. The zero-order chi connectivity index (χ0) is 16.1. The molecule has 2 atom stereocenters. The Balaban J connectivity index is 2.08. The number of hydrogen-bond acceptors (Lipinski definition) is 3. The largest absolute Gasteiger partial charge is 0.481 e. The molecule has 22 heavy (non-hydrogen) atoms. The van der Waals surface area contributed by atoms with E-state index in [4.69, 9.17) is 16.3 Å². The predicted octanol–water partition coefficient (Wildman–Crippen LogP) is 2.39. The lowest BCUT2D eigenvalue weighted by Crippen LogP contribution is -2.29. The van der Waals surface area contributed by atoms with Gasteiger partial charge in [0.2, 0.25) is 5.91 Å². The van der Waals surface area contributed by atoms with Crippen molar-refractivity contribution in [3.63, 3.8) is 0 Å². The Morgan fingerprint density at radius 3 is 2.59 bits per heavy atom. The third-order valence-electron chi connectivity index (χ3n) is 4.03. The highest BCUT2D eigenvalue weighted by atomic mass is 35.5. The lowest BCUT2D eigenvalue weighted by atomic mass is 9.89. The molecule has 0 unspecified atom stereocenters. The summed E-state index contributed by atoms with van der Waals surface area (Å²) in [7, 11) is 1.59. The lowest BCUT2D eigenvalue weighted by molar-refractivity contribution is -0.141. The van der Waals surface area contributed by atoms with Crippen LogP contribution in [0.2, 0.25) is 5.02 Å². The number of benzene rings is 1. The molecule has 1 aliphatic heterocycles. The van der Waals surface area contributed by atoms with Crippen LogP contribution >= 0.6 is 11.6 Å². The lowest BCUT2D eigenvalue weighted by Gasteiger charge is -2.16. The van der Waals surface area contributed by atoms with Gasteiger partial charge in [-0.15, -0.1) is 0 Å². The van der Waals surface area contributed by atoms with Gasteiger partial charge in [-0.2, -0.15) is 0 Å². The number of ether oxygens (including phenoxy) is 1. The summed E-state index contributed by atoms with van der Waals surface area (Å²) in [6, 6.07) is 7.17. The fourth-order valence-electron chi connectivity index (χ4n) is 2.83. The number of carbonyl (C=O) groups is 2. The van der Waals surface area contributed by atoms with Gasteiger partial charge < -0.3 is 14.7 Å². The molecule has 1 heterocycles.